The molecule has 0 fully saturated rings. The van der Waals surface area contributed by atoms with Crippen molar-refractivity contribution in [3.8, 4) is 5.75 Å². The van der Waals surface area contributed by atoms with Crippen LogP contribution in [-0.2, 0) is 0 Å². The molecule has 0 atom stereocenters. The van der Waals surface area contributed by atoms with Crippen LogP contribution in [0.1, 0.15) is 17.4 Å². The molecule has 0 aliphatic heterocycles. The quantitative estimate of drug-likeness (QED) is 0.644. The smallest absolute Gasteiger partial charge is 0.274 e. The van der Waals surface area contributed by atoms with Crippen molar-refractivity contribution in [2.75, 3.05) is 17.2 Å². The first kappa shape index (κ1) is 18.6. The van der Waals surface area contributed by atoms with Crippen molar-refractivity contribution in [1.29, 1.82) is 0 Å². The lowest BCUT2D eigenvalue weighted by Crippen LogP contribution is -2.14. The number of amides is 1. The van der Waals surface area contributed by atoms with Gasteiger partial charge in [0.25, 0.3) is 5.91 Å². The molecule has 0 spiro atoms. The maximum atomic E-state index is 13.2. The largest absolute Gasteiger partial charge is 0.494 e. The van der Waals surface area contributed by atoms with Crippen LogP contribution >= 0.6 is 11.6 Å². The second kappa shape index (κ2) is 8.46. The Kier molecular flexibility index (Phi) is 5.83. The van der Waals surface area contributed by atoms with Crippen LogP contribution in [-0.4, -0.2) is 22.5 Å². The minimum absolute atomic E-state index is 0.0756. The Balaban J connectivity index is 1.70. The van der Waals surface area contributed by atoms with Crippen molar-refractivity contribution in [2.45, 2.75) is 6.92 Å². The van der Waals surface area contributed by atoms with E-state index in [9.17, 15) is 9.18 Å². The van der Waals surface area contributed by atoms with E-state index in [1.807, 2.05) is 31.2 Å². The third-order valence-corrected chi connectivity index (χ3v) is 3.78. The number of anilines is 3. The van der Waals surface area contributed by atoms with Gasteiger partial charge in [-0.2, -0.15) is 0 Å². The summed E-state index contributed by atoms with van der Waals surface area (Å²) in [5.74, 6) is 0.00682. The van der Waals surface area contributed by atoms with Gasteiger partial charge in [0, 0.05) is 17.6 Å². The van der Waals surface area contributed by atoms with Crippen molar-refractivity contribution in [1.82, 2.24) is 9.97 Å². The number of carbonyl (C=O) groups is 1. The Hall–Kier alpha value is -3.19. The molecule has 1 heterocycles. The Morgan fingerprint density at radius 3 is 2.59 bits per heavy atom. The van der Waals surface area contributed by atoms with Crippen molar-refractivity contribution in [3.05, 3.63) is 71.3 Å². The number of aromatic nitrogens is 2. The van der Waals surface area contributed by atoms with Crippen molar-refractivity contribution < 1.29 is 13.9 Å². The van der Waals surface area contributed by atoms with Gasteiger partial charge in [-0.1, -0.05) is 11.6 Å². The van der Waals surface area contributed by atoms with E-state index in [2.05, 4.69) is 20.6 Å². The fourth-order valence-electron chi connectivity index (χ4n) is 2.24. The van der Waals surface area contributed by atoms with E-state index in [1.54, 1.807) is 0 Å². The van der Waals surface area contributed by atoms with Crippen LogP contribution in [0.4, 0.5) is 21.7 Å². The first-order valence-corrected chi connectivity index (χ1v) is 8.52. The van der Waals surface area contributed by atoms with Gasteiger partial charge in [0.15, 0.2) is 0 Å². The third kappa shape index (κ3) is 4.92. The lowest BCUT2D eigenvalue weighted by atomic mass is 10.3. The summed E-state index contributed by atoms with van der Waals surface area (Å²) < 4.78 is 18.6. The average molecular weight is 387 g/mol. The first-order valence-electron chi connectivity index (χ1n) is 8.14. The topological polar surface area (TPSA) is 76.1 Å². The van der Waals surface area contributed by atoms with Crippen LogP contribution < -0.4 is 15.4 Å². The van der Waals surface area contributed by atoms with Gasteiger partial charge in [0.1, 0.15) is 17.3 Å². The molecule has 6 nitrogen and oxygen atoms in total. The van der Waals surface area contributed by atoms with E-state index >= 15 is 0 Å². The third-order valence-electron chi connectivity index (χ3n) is 3.49. The van der Waals surface area contributed by atoms with Gasteiger partial charge in [0.2, 0.25) is 5.95 Å². The lowest BCUT2D eigenvalue weighted by Gasteiger charge is -2.09. The summed E-state index contributed by atoms with van der Waals surface area (Å²) in [7, 11) is 0. The van der Waals surface area contributed by atoms with Crippen LogP contribution in [0.15, 0.2) is 54.7 Å². The number of hydrogen-bond donors (Lipinski definition) is 2. The fourth-order valence-corrected chi connectivity index (χ4v) is 2.43. The van der Waals surface area contributed by atoms with Gasteiger partial charge in [-0.05, 0) is 55.5 Å². The summed E-state index contributed by atoms with van der Waals surface area (Å²) >= 11 is 5.72. The van der Waals surface area contributed by atoms with E-state index in [0.29, 0.717) is 12.3 Å². The Morgan fingerprint density at radius 1 is 1.15 bits per heavy atom. The fraction of sp³-hybridized carbons (Fsp3) is 0.105. The zero-order valence-corrected chi connectivity index (χ0v) is 15.1. The molecule has 2 N–H and O–H groups in total. The second-order valence-electron chi connectivity index (χ2n) is 5.43. The van der Waals surface area contributed by atoms with Crippen LogP contribution in [0, 0.1) is 5.82 Å². The predicted octanol–water partition coefficient (Wildman–Crippen LogP) is 4.66. The molecule has 0 saturated heterocycles. The highest BCUT2D eigenvalue weighted by Gasteiger charge is 2.11. The standard InChI is InChI=1S/C19H16ClFN4O2/c1-2-27-14-6-3-12(4-7-14)24-19-22-10-9-17(25-19)18(26)23-13-5-8-16(21)15(20)11-13/h3-11H,2H2,1H3,(H,23,26)(H,22,24,25). The SMILES string of the molecule is CCOc1ccc(Nc2nccc(C(=O)Nc3ccc(F)c(Cl)c3)n2)cc1. The number of hydrogen-bond acceptors (Lipinski definition) is 5. The molecule has 0 radical (unpaired) electrons. The minimum atomic E-state index is -0.557. The number of nitrogens with one attached hydrogen (secondary N) is 2. The second-order valence-corrected chi connectivity index (χ2v) is 5.84. The highest BCUT2D eigenvalue weighted by molar-refractivity contribution is 6.31. The monoisotopic (exact) mass is 386 g/mol. The van der Waals surface area contributed by atoms with Gasteiger partial charge in [0.05, 0.1) is 11.6 Å². The highest BCUT2D eigenvalue weighted by Crippen LogP contribution is 2.20. The Morgan fingerprint density at radius 2 is 1.89 bits per heavy atom. The molecule has 27 heavy (non-hydrogen) atoms. The molecule has 0 aliphatic rings. The molecule has 8 heteroatoms. The van der Waals surface area contributed by atoms with Gasteiger partial charge >= 0.3 is 0 Å². The Bertz CT molecular complexity index is 951. The van der Waals surface area contributed by atoms with E-state index in [4.69, 9.17) is 16.3 Å². The average Bonchev–Trinajstić information content (AvgIpc) is 2.67. The zero-order valence-electron chi connectivity index (χ0n) is 14.4. The molecule has 0 saturated carbocycles. The molecule has 3 aromatic rings. The summed E-state index contributed by atoms with van der Waals surface area (Å²) in [5, 5.41) is 5.56. The molecule has 0 unspecified atom stereocenters. The maximum absolute atomic E-state index is 13.2. The number of nitrogens with zero attached hydrogens (tertiary/aromatic N) is 2. The van der Waals surface area contributed by atoms with Crippen LogP contribution in [0.3, 0.4) is 0 Å². The molecule has 1 amide bonds. The lowest BCUT2D eigenvalue weighted by molar-refractivity contribution is 0.102. The molecular formula is C19H16ClFN4O2. The normalized spacial score (nSPS) is 10.3. The predicted molar refractivity (Wildman–Crippen MR) is 102 cm³/mol. The first-order chi connectivity index (χ1) is 13.0. The Labute approximate surface area is 160 Å². The molecule has 3 rings (SSSR count). The summed E-state index contributed by atoms with van der Waals surface area (Å²) in [6, 6.07) is 12.7. The van der Waals surface area contributed by atoms with Crippen LogP contribution in [0.25, 0.3) is 0 Å². The maximum Gasteiger partial charge on any atom is 0.274 e. The van der Waals surface area contributed by atoms with E-state index in [1.165, 1.54) is 30.5 Å². The van der Waals surface area contributed by atoms with E-state index in [-0.39, 0.29) is 16.7 Å². The number of benzene rings is 2. The van der Waals surface area contributed by atoms with Gasteiger partial charge in [-0.25, -0.2) is 14.4 Å². The molecule has 0 aliphatic carbocycles. The van der Waals surface area contributed by atoms with Gasteiger partial charge < -0.3 is 15.4 Å². The van der Waals surface area contributed by atoms with Crippen molar-refractivity contribution in [2.24, 2.45) is 0 Å². The van der Waals surface area contributed by atoms with Crippen molar-refractivity contribution >= 4 is 34.8 Å². The minimum Gasteiger partial charge on any atom is -0.494 e. The number of halogens is 2. The molecule has 138 valence electrons. The molecule has 1 aromatic heterocycles. The molecular weight excluding hydrogens is 371 g/mol. The molecule has 0 bridgehead atoms. The zero-order chi connectivity index (χ0) is 19.2. The number of ether oxygens (including phenoxy) is 1. The van der Waals surface area contributed by atoms with Crippen LogP contribution in [0.5, 0.6) is 5.75 Å². The summed E-state index contributed by atoms with van der Waals surface area (Å²) in [5.41, 5.74) is 1.27. The summed E-state index contributed by atoms with van der Waals surface area (Å²) in [4.78, 5) is 20.6. The number of carbonyl (C=O) groups excluding carboxylic acids is 1. The number of rotatable bonds is 6. The van der Waals surface area contributed by atoms with Gasteiger partial charge in [-0.15, -0.1) is 0 Å². The van der Waals surface area contributed by atoms with Crippen LogP contribution in [0.2, 0.25) is 5.02 Å². The highest BCUT2D eigenvalue weighted by atomic mass is 35.5. The van der Waals surface area contributed by atoms with E-state index < -0.39 is 11.7 Å². The van der Waals surface area contributed by atoms with E-state index in [0.717, 1.165) is 11.4 Å². The van der Waals surface area contributed by atoms with Gasteiger partial charge in [-0.3, -0.25) is 4.79 Å². The summed E-state index contributed by atoms with van der Waals surface area (Å²) in [6.07, 6.45) is 1.47. The molecule has 2 aromatic carbocycles. The van der Waals surface area contributed by atoms with Crippen molar-refractivity contribution in [3.63, 3.8) is 0 Å². The summed E-state index contributed by atoms with van der Waals surface area (Å²) in [6.45, 7) is 2.50.